The van der Waals surface area contributed by atoms with Gasteiger partial charge in [-0.2, -0.15) is 5.10 Å². The van der Waals surface area contributed by atoms with E-state index >= 15 is 0 Å². The van der Waals surface area contributed by atoms with Crippen molar-refractivity contribution in [3.05, 3.63) is 94.5 Å². The Morgan fingerprint density at radius 1 is 0.786 bits per heavy atom. The van der Waals surface area contributed by atoms with Gasteiger partial charge < -0.3 is 0 Å². The van der Waals surface area contributed by atoms with Crippen LogP contribution in [-0.2, 0) is 6.42 Å². The Labute approximate surface area is 171 Å². The number of benzene rings is 3. The van der Waals surface area contributed by atoms with Gasteiger partial charge in [-0.3, -0.25) is 0 Å². The molecule has 0 unspecified atom stereocenters. The molecular formula is C25H23ClN2. The van der Waals surface area contributed by atoms with Gasteiger partial charge >= 0.3 is 0 Å². The standard InChI is InChI=1S/C25H23ClN2/c1-4-19-7-5-6-8-22(19)28-25(21-15-11-18(3)12-16-21)23(26)24(27-28)20-13-9-17(2)10-14-20/h5-16H,4H2,1-3H3. The molecule has 0 radical (unpaired) electrons. The lowest BCUT2D eigenvalue weighted by Gasteiger charge is -2.12. The Hall–Kier alpha value is -2.84. The minimum absolute atomic E-state index is 0.679. The van der Waals surface area contributed by atoms with E-state index in [2.05, 4.69) is 93.6 Å². The molecule has 0 amide bonds. The van der Waals surface area contributed by atoms with Gasteiger partial charge in [-0.15, -0.1) is 0 Å². The highest BCUT2D eigenvalue weighted by Gasteiger charge is 2.21. The molecule has 0 aliphatic heterocycles. The number of aromatic nitrogens is 2. The lowest BCUT2D eigenvalue weighted by atomic mass is 10.1. The third-order valence-corrected chi connectivity index (χ3v) is 5.44. The summed E-state index contributed by atoms with van der Waals surface area (Å²) in [5.41, 5.74) is 8.57. The number of hydrogen-bond acceptors (Lipinski definition) is 1. The van der Waals surface area contributed by atoms with Crippen molar-refractivity contribution in [2.24, 2.45) is 0 Å². The normalized spacial score (nSPS) is 11.0. The zero-order valence-electron chi connectivity index (χ0n) is 16.4. The van der Waals surface area contributed by atoms with Crippen LogP contribution >= 0.6 is 11.6 Å². The number of halogens is 1. The maximum atomic E-state index is 6.94. The fraction of sp³-hybridized carbons (Fsp3) is 0.160. The van der Waals surface area contributed by atoms with Crippen molar-refractivity contribution in [1.82, 2.24) is 9.78 Å². The fourth-order valence-corrected chi connectivity index (χ4v) is 3.78. The second-order valence-electron chi connectivity index (χ2n) is 7.14. The van der Waals surface area contributed by atoms with Crippen molar-refractivity contribution in [2.75, 3.05) is 0 Å². The van der Waals surface area contributed by atoms with Gasteiger partial charge in [-0.25, -0.2) is 4.68 Å². The molecule has 0 bridgehead atoms. The van der Waals surface area contributed by atoms with E-state index in [0.29, 0.717) is 5.02 Å². The van der Waals surface area contributed by atoms with Crippen LogP contribution in [0.5, 0.6) is 0 Å². The summed E-state index contributed by atoms with van der Waals surface area (Å²) < 4.78 is 2.00. The van der Waals surface area contributed by atoms with Crippen LogP contribution in [0.15, 0.2) is 72.8 Å². The minimum Gasteiger partial charge on any atom is -0.231 e. The molecule has 1 aromatic heterocycles. The largest absolute Gasteiger partial charge is 0.231 e. The molecule has 0 saturated heterocycles. The van der Waals surface area contributed by atoms with Crippen molar-refractivity contribution >= 4 is 11.6 Å². The number of para-hydroxylation sites is 1. The number of nitrogens with zero attached hydrogens (tertiary/aromatic N) is 2. The maximum Gasteiger partial charge on any atom is 0.112 e. The summed E-state index contributed by atoms with van der Waals surface area (Å²) >= 11 is 6.94. The molecule has 0 spiro atoms. The Balaban J connectivity index is 1.99. The van der Waals surface area contributed by atoms with Crippen molar-refractivity contribution in [1.29, 1.82) is 0 Å². The van der Waals surface area contributed by atoms with E-state index in [-0.39, 0.29) is 0 Å². The lowest BCUT2D eigenvalue weighted by Crippen LogP contribution is -2.03. The molecule has 0 aliphatic rings. The first-order valence-corrected chi connectivity index (χ1v) is 9.97. The Bertz CT molecular complexity index is 1110. The first kappa shape index (κ1) is 18.5. The van der Waals surface area contributed by atoms with E-state index in [1.165, 1.54) is 16.7 Å². The fourth-order valence-electron chi connectivity index (χ4n) is 3.45. The van der Waals surface area contributed by atoms with Crippen molar-refractivity contribution in [2.45, 2.75) is 27.2 Å². The molecule has 0 saturated carbocycles. The quantitative estimate of drug-likeness (QED) is 0.367. The molecule has 0 atom stereocenters. The van der Waals surface area contributed by atoms with Gasteiger partial charge in [-0.05, 0) is 31.9 Å². The van der Waals surface area contributed by atoms with Crippen LogP contribution in [0.4, 0.5) is 0 Å². The summed E-state index contributed by atoms with van der Waals surface area (Å²) in [6.07, 6.45) is 0.931. The van der Waals surface area contributed by atoms with Crippen LogP contribution in [0.1, 0.15) is 23.6 Å². The summed E-state index contributed by atoms with van der Waals surface area (Å²) in [6.45, 7) is 6.34. The molecule has 4 rings (SSSR count). The molecule has 3 aromatic carbocycles. The minimum atomic E-state index is 0.679. The zero-order chi connectivity index (χ0) is 19.7. The molecule has 2 nitrogen and oxygen atoms in total. The molecule has 0 fully saturated rings. The van der Waals surface area contributed by atoms with Crippen LogP contribution in [0, 0.1) is 13.8 Å². The van der Waals surface area contributed by atoms with Gasteiger partial charge in [-0.1, -0.05) is 96.4 Å². The van der Waals surface area contributed by atoms with E-state index in [4.69, 9.17) is 16.7 Å². The monoisotopic (exact) mass is 386 g/mol. The molecule has 140 valence electrons. The van der Waals surface area contributed by atoms with Crippen molar-refractivity contribution < 1.29 is 0 Å². The average molecular weight is 387 g/mol. The van der Waals surface area contributed by atoms with E-state index in [1.807, 2.05) is 4.68 Å². The van der Waals surface area contributed by atoms with E-state index in [9.17, 15) is 0 Å². The summed E-state index contributed by atoms with van der Waals surface area (Å²) in [6, 6.07) is 25.2. The molecule has 0 aliphatic carbocycles. The van der Waals surface area contributed by atoms with Crippen molar-refractivity contribution in [3.8, 4) is 28.2 Å². The van der Waals surface area contributed by atoms with Crippen LogP contribution < -0.4 is 0 Å². The predicted molar refractivity (Wildman–Crippen MR) is 118 cm³/mol. The number of aryl methyl sites for hydroxylation is 3. The third kappa shape index (κ3) is 3.36. The van der Waals surface area contributed by atoms with Gasteiger partial charge in [0.05, 0.1) is 16.4 Å². The molecular weight excluding hydrogens is 364 g/mol. The smallest absolute Gasteiger partial charge is 0.112 e. The van der Waals surface area contributed by atoms with E-state index in [0.717, 1.165) is 34.6 Å². The van der Waals surface area contributed by atoms with Gasteiger partial charge in [0, 0.05) is 11.1 Å². The van der Waals surface area contributed by atoms with Crippen LogP contribution in [-0.4, -0.2) is 9.78 Å². The van der Waals surface area contributed by atoms with Gasteiger partial charge in [0.25, 0.3) is 0 Å². The zero-order valence-corrected chi connectivity index (χ0v) is 17.2. The topological polar surface area (TPSA) is 17.8 Å². The first-order valence-electron chi connectivity index (χ1n) is 9.59. The van der Waals surface area contributed by atoms with Crippen LogP contribution in [0.2, 0.25) is 5.02 Å². The highest BCUT2D eigenvalue weighted by atomic mass is 35.5. The Morgan fingerprint density at radius 3 is 1.96 bits per heavy atom. The highest BCUT2D eigenvalue weighted by molar-refractivity contribution is 6.35. The lowest BCUT2D eigenvalue weighted by molar-refractivity contribution is 0.873. The Morgan fingerprint density at radius 2 is 1.36 bits per heavy atom. The van der Waals surface area contributed by atoms with Crippen LogP contribution in [0.25, 0.3) is 28.2 Å². The molecule has 1 heterocycles. The first-order chi connectivity index (χ1) is 13.6. The number of rotatable bonds is 4. The highest BCUT2D eigenvalue weighted by Crippen LogP contribution is 2.38. The van der Waals surface area contributed by atoms with Crippen molar-refractivity contribution in [3.63, 3.8) is 0 Å². The summed E-state index contributed by atoms with van der Waals surface area (Å²) in [4.78, 5) is 0. The predicted octanol–water partition coefficient (Wildman–Crippen LogP) is 7.04. The second-order valence-corrected chi connectivity index (χ2v) is 7.52. The van der Waals surface area contributed by atoms with Gasteiger partial charge in [0.1, 0.15) is 5.69 Å². The maximum absolute atomic E-state index is 6.94. The number of hydrogen-bond donors (Lipinski definition) is 0. The molecule has 4 aromatic rings. The second kappa shape index (κ2) is 7.65. The van der Waals surface area contributed by atoms with Crippen LogP contribution in [0.3, 0.4) is 0 Å². The summed E-state index contributed by atoms with van der Waals surface area (Å²) in [7, 11) is 0. The van der Waals surface area contributed by atoms with E-state index in [1.54, 1.807) is 0 Å². The molecule has 3 heteroatoms. The molecule has 28 heavy (non-hydrogen) atoms. The van der Waals surface area contributed by atoms with E-state index < -0.39 is 0 Å². The summed E-state index contributed by atoms with van der Waals surface area (Å²) in [5, 5.41) is 5.65. The third-order valence-electron chi connectivity index (χ3n) is 5.08. The SMILES string of the molecule is CCc1ccccc1-n1nc(-c2ccc(C)cc2)c(Cl)c1-c1ccc(C)cc1. The molecule has 0 N–H and O–H groups in total. The van der Waals surface area contributed by atoms with Gasteiger partial charge in [0.2, 0.25) is 0 Å². The Kier molecular flexibility index (Phi) is 5.06. The average Bonchev–Trinajstić information content (AvgIpc) is 3.06. The summed E-state index contributed by atoms with van der Waals surface area (Å²) in [5.74, 6) is 0. The van der Waals surface area contributed by atoms with Gasteiger partial charge in [0.15, 0.2) is 0 Å².